The summed E-state index contributed by atoms with van der Waals surface area (Å²) in [5.41, 5.74) is -0.855. The first-order valence-corrected chi connectivity index (χ1v) is 4.08. The van der Waals surface area contributed by atoms with E-state index in [1.165, 1.54) is 0 Å². The molecule has 2 N–H and O–H groups in total. The van der Waals surface area contributed by atoms with Crippen LogP contribution in [-0.2, 0) is 5.60 Å². The van der Waals surface area contributed by atoms with Crippen LogP contribution >= 0.6 is 0 Å². The van der Waals surface area contributed by atoms with E-state index in [0.29, 0.717) is 12.2 Å². The van der Waals surface area contributed by atoms with E-state index in [1.54, 1.807) is 25.3 Å². The molecule has 0 aliphatic carbocycles. The summed E-state index contributed by atoms with van der Waals surface area (Å²) in [6, 6.07) is 3.57. The molecule has 0 radical (unpaired) electrons. The van der Waals surface area contributed by atoms with Gasteiger partial charge in [0.15, 0.2) is 0 Å². The van der Waals surface area contributed by atoms with Crippen LogP contribution in [0.1, 0.15) is 19.1 Å². The van der Waals surface area contributed by atoms with Crippen molar-refractivity contribution < 1.29 is 9.52 Å². The Morgan fingerprint density at radius 1 is 1.67 bits per heavy atom. The van der Waals surface area contributed by atoms with Crippen LogP contribution in [0.5, 0.6) is 0 Å². The van der Waals surface area contributed by atoms with E-state index in [0.717, 1.165) is 6.54 Å². The Labute approximate surface area is 72.4 Å². The Morgan fingerprint density at radius 2 is 2.42 bits per heavy atom. The summed E-state index contributed by atoms with van der Waals surface area (Å²) in [7, 11) is 1.86. The van der Waals surface area contributed by atoms with Gasteiger partial charge in [0.1, 0.15) is 11.4 Å². The van der Waals surface area contributed by atoms with Gasteiger partial charge in [0.25, 0.3) is 0 Å². The van der Waals surface area contributed by atoms with Gasteiger partial charge in [-0.25, -0.2) is 0 Å². The number of hydrogen-bond donors (Lipinski definition) is 2. The van der Waals surface area contributed by atoms with Crippen molar-refractivity contribution in [3.05, 3.63) is 24.2 Å². The van der Waals surface area contributed by atoms with Crippen molar-refractivity contribution in [3.8, 4) is 0 Å². The third kappa shape index (κ3) is 2.09. The van der Waals surface area contributed by atoms with Gasteiger partial charge in [-0.05, 0) is 39.1 Å². The predicted molar refractivity (Wildman–Crippen MR) is 46.8 cm³/mol. The quantitative estimate of drug-likeness (QED) is 0.709. The lowest BCUT2D eigenvalue weighted by Crippen LogP contribution is -2.25. The highest BCUT2D eigenvalue weighted by molar-refractivity contribution is 5.07. The minimum absolute atomic E-state index is 0.623. The fourth-order valence-electron chi connectivity index (χ4n) is 1.08. The molecule has 0 saturated heterocycles. The summed E-state index contributed by atoms with van der Waals surface area (Å²) in [5, 5.41) is 12.9. The highest BCUT2D eigenvalue weighted by Crippen LogP contribution is 2.23. The first kappa shape index (κ1) is 9.29. The van der Waals surface area contributed by atoms with Crippen LogP contribution in [0, 0.1) is 0 Å². The third-order valence-electron chi connectivity index (χ3n) is 1.91. The molecule has 3 nitrogen and oxygen atoms in total. The second-order valence-corrected chi connectivity index (χ2v) is 3.10. The van der Waals surface area contributed by atoms with Crippen molar-refractivity contribution in [2.24, 2.45) is 0 Å². The van der Waals surface area contributed by atoms with E-state index in [9.17, 15) is 5.11 Å². The maximum Gasteiger partial charge on any atom is 0.135 e. The molecule has 1 unspecified atom stereocenters. The molecule has 1 atom stereocenters. The van der Waals surface area contributed by atoms with E-state index in [-0.39, 0.29) is 0 Å². The Hall–Kier alpha value is -0.800. The third-order valence-corrected chi connectivity index (χ3v) is 1.91. The standard InChI is InChI=1S/C9H15NO2/c1-9(11,5-6-10-2)8-4-3-7-12-8/h3-4,7,10-11H,5-6H2,1-2H3. The number of rotatable bonds is 4. The van der Waals surface area contributed by atoms with Crippen LogP contribution in [0.2, 0.25) is 0 Å². The minimum atomic E-state index is -0.855. The van der Waals surface area contributed by atoms with E-state index in [2.05, 4.69) is 5.32 Å². The molecular formula is C9H15NO2. The number of furan rings is 1. The maximum atomic E-state index is 9.87. The normalized spacial score (nSPS) is 15.9. The van der Waals surface area contributed by atoms with Gasteiger partial charge in [-0.15, -0.1) is 0 Å². The average Bonchev–Trinajstić information content (AvgIpc) is 2.53. The summed E-state index contributed by atoms with van der Waals surface area (Å²) in [5.74, 6) is 0.623. The zero-order valence-corrected chi connectivity index (χ0v) is 7.50. The molecule has 1 heterocycles. The van der Waals surface area contributed by atoms with Crippen molar-refractivity contribution in [2.45, 2.75) is 18.9 Å². The van der Waals surface area contributed by atoms with E-state index >= 15 is 0 Å². The molecule has 1 aromatic rings. The van der Waals surface area contributed by atoms with Crippen molar-refractivity contribution in [3.63, 3.8) is 0 Å². The molecule has 68 valence electrons. The highest BCUT2D eigenvalue weighted by Gasteiger charge is 2.24. The number of aliphatic hydroxyl groups is 1. The number of hydrogen-bond acceptors (Lipinski definition) is 3. The average molecular weight is 169 g/mol. The van der Waals surface area contributed by atoms with Crippen LogP contribution in [0.25, 0.3) is 0 Å². The molecule has 0 aliphatic heterocycles. The lowest BCUT2D eigenvalue weighted by molar-refractivity contribution is 0.0261. The van der Waals surface area contributed by atoms with Crippen molar-refractivity contribution in [2.75, 3.05) is 13.6 Å². The maximum absolute atomic E-state index is 9.87. The first-order valence-electron chi connectivity index (χ1n) is 4.08. The van der Waals surface area contributed by atoms with E-state index in [4.69, 9.17) is 4.42 Å². The summed E-state index contributed by atoms with van der Waals surface area (Å²) in [6.07, 6.45) is 2.22. The van der Waals surface area contributed by atoms with Crippen LogP contribution in [0.4, 0.5) is 0 Å². The largest absolute Gasteiger partial charge is 0.466 e. The Morgan fingerprint density at radius 3 is 2.92 bits per heavy atom. The van der Waals surface area contributed by atoms with Gasteiger partial charge in [0, 0.05) is 0 Å². The van der Waals surface area contributed by atoms with Gasteiger partial charge in [-0.1, -0.05) is 0 Å². The van der Waals surface area contributed by atoms with Gasteiger partial charge in [0.05, 0.1) is 6.26 Å². The monoisotopic (exact) mass is 169 g/mol. The molecular weight excluding hydrogens is 154 g/mol. The topological polar surface area (TPSA) is 45.4 Å². The lowest BCUT2D eigenvalue weighted by Gasteiger charge is -2.19. The Bertz CT molecular complexity index is 216. The molecule has 3 heteroatoms. The van der Waals surface area contributed by atoms with Gasteiger partial charge in [0.2, 0.25) is 0 Å². The van der Waals surface area contributed by atoms with Crippen molar-refractivity contribution in [1.29, 1.82) is 0 Å². The molecule has 0 bridgehead atoms. The molecule has 0 amide bonds. The van der Waals surface area contributed by atoms with Crippen LogP contribution in [0.15, 0.2) is 22.8 Å². The zero-order chi connectivity index (χ0) is 9.03. The fourth-order valence-corrected chi connectivity index (χ4v) is 1.08. The van der Waals surface area contributed by atoms with E-state index < -0.39 is 5.60 Å². The highest BCUT2D eigenvalue weighted by atomic mass is 16.4. The summed E-state index contributed by atoms with van der Waals surface area (Å²) in [4.78, 5) is 0. The SMILES string of the molecule is CNCCC(C)(O)c1ccco1. The number of nitrogens with one attached hydrogen (secondary N) is 1. The van der Waals surface area contributed by atoms with Crippen LogP contribution in [0.3, 0.4) is 0 Å². The predicted octanol–water partition coefficient (Wildman–Crippen LogP) is 1.10. The van der Waals surface area contributed by atoms with Crippen LogP contribution < -0.4 is 5.32 Å². The molecule has 0 aromatic carbocycles. The molecule has 0 saturated carbocycles. The van der Waals surface area contributed by atoms with Crippen molar-refractivity contribution in [1.82, 2.24) is 5.32 Å². The molecule has 0 fully saturated rings. The summed E-state index contributed by atoms with van der Waals surface area (Å²) in [6.45, 7) is 2.52. The lowest BCUT2D eigenvalue weighted by atomic mass is 9.99. The zero-order valence-electron chi connectivity index (χ0n) is 7.50. The van der Waals surface area contributed by atoms with Crippen molar-refractivity contribution >= 4 is 0 Å². The molecule has 0 spiro atoms. The first-order chi connectivity index (χ1) is 5.67. The molecule has 1 rings (SSSR count). The van der Waals surface area contributed by atoms with Gasteiger partial charge >= 0.3 is 0 Å². The molecule has 0 aliphatic rings. The van der Waals surface area contributed by atoms with Gasteiger partial charge < -0.3 is 14.8 Å². The fraction of sp³-hybridized carbons (Fsp3) is 0.556. The van der Waals surface area contributed by atoms with E-state index in [1.807, 2.05) is 7.05 Å². The van der Waals surface area contributed by atoms with Crippen LogP contribution in [-0.4, -0.2) is 18.7 Å². The summed E-state index contributed by atoms with van der Waals surface area (Å²) < 4.78 is 5.12. The second kappa shape index (κ2) is 3.74. The minimum Gasteiger partial charge on any atom is -0.466 e. The molecule has 1 aromatic heterocycles. The molecule has 12 heavy (non-hydrogen) atoms. The Balaban J connectivity index is 2.59. The van der Waals surface area contributed by atoms with Gasteiger partial charge in [-0.3, -0.25) is 0 Å². The summed E-state index contributed by atoms with van der Waals surface area (Å²) >= 11 is 0. The Kier molecular flexibility index (Phi) is 2.89. The second-order valence-electron chi connectivity index (χ2n) is 3.10. The smallest absolute Gasteiger partial charge is 0.135 e. The van der Waals surface area contributed by atoms with Gasteiger partial charge in [-0.2, -0.15) is 0 Å².